The van der Waals surface area contributed by atoms with Crippen LogP contribution in [0, 0.1) is 23.7 Å². The molecule has 2 aliphatic rings. The van der Waals surface area contributed by atoms with Crippen LogP contribution in [0.15, 0.2) is 42.5 Å². The fraction of sp³-hybridized carbons (Fsp3) is 0.560. The molecule has 0 saturated carbocycles. The van der Waals surface area contributed by atoms with Gasteiger partial charge in [-0.1, -0.05) is 62.8 Å². The zero-order valence-electron chi connectivity index (χ0n) is 19.3. The van der Waals surface area contributed by atoms with Crippen LogP contribution in [-0.4, -0.2) is 53.5 Å². The molecule has 7 atom stereocenters. The summed E-state index contributed by atoms with van der Waals surface area (Å²) in [5.41, 5.74) is 0.759. The van der Waals surface area contributed by atoms with E-state index in [0.29, 0.717) is 0 Å². The van der Waals surface area contributed by atoms with Crippen LogP contribution in [0.5, 0.6) is 0 Å². The standard InChI is InChI=1S/C25H35N3O4/c1-5-9-16(3)27-24(31)22-18-13-12-15(2)20(23(30)26-4)21(18)25(32)28(22)19(14-29)17-10-7-6-8-11-17/h6-8,10-13,15-16,18-22,29H,5,9,14H2,1-4H3,(H,26,30)(H,27,31)/t15-,16?,18+,19-,20-,21-,22+/m1/s1. The molecule has 3 N–H and O–H groups in total. The second-order valence-corrected chi connectivity index (χ2v) is 8.98. The number of likely N-dealkylation sites (tertiary alicyclic amines) is 1. The Kier molecular flexibility index (Phi) is 7.72. The minimum Gasteiger partial charge on any atom is -0.394 e. The highest BCUT2D eigenvalue weighted by atomic mass is 16.3. The van der Waals surface area contributed by atoms with Crippen LogP contribution in [-0.2, 0) is 14.4 Å². The first-order valence-electron chi connectivity index (χ1n) is 11.5. The molecular weight excluding hydrogens is 406 g/mol. The molecule has 0 bridgehead atoms. The van der Waals surface area contributed by atoms with Crippen LogP contribution in [0.2, 0.25) is 0 Å². The van der Waals surface area contributed by atoms with Crippen LogP contribution >= 0.6 is 0 Å². The number of allylic oxidation sites excluding steroid dienone is 1. The van der Waals surface area contributed by atoms with E-state index >= 15 is 0 Å². The van der Waals surface area contributed by atoms with Crippen molar-refractivity contribution in [1.82, 2.24) is 15.5 Å². The fourth-order valence-electron chi connectivity index (χ4n) is 5.30. The summed E-state index contributed by atoms with van der Waals surface area (Å²) < 4.78 is 0. The number of hydrogen-bond donors (Lipinski definition) is 3. The van der Waals surface area contributed by atoms with Gasteiger partial charge in [-0.3, -0.25) is 14.4 Å². The van der Waals surface area contributed by atoms with Gasteiger partial charge in [0.15, 0.2) is 0 Å². The molecule has 1 aliphatic carbocycles. The first kappa shape index (κ1) is 24.0. The van der Waals surface area contributed by atoms with E-state index in [1.165, 1.54) is 4.90 Å². The molecule has 0 spiro atoms. The van der Waals surface area contributed by atoms with Crippen molar-refractivity contribution in [1.29, 1.82) is 0 Å². The van der Waals surface area contributed by atoms with E-state index in [0.717, 1.165) is 18.4 Å². The topological polar surface area (TPSA) is 98.7 Å². The lowest BCUT2D eigenvalue weighted by Gasteiger charge is -2.34. The van der Waals surface area contributed by atoms with Gasteiger partial charge in [-0.15, -0.1) is 0 Å². The molecule has 174 valence electrons. The second kappa shape index (κ2) is 10.3. The van der Waals surface area contributed by atoms with Gasteiger partial charge in [0, 0.05) is 19.0 Å². The Bertz CT molecular complexity index is 856. The number of hydrogen-bond acceptors (Lipinski definition) is 4. The number of carbonyl (C=O) groups excluding carboxylic acids is 3. The number of benzene rings is 1. The van der Waals surface area contributed by atoms with Crippen molar-refractivity contribution >= 4 is 17.7 Å². The molecule has 1 unspecified atom stereocenters. The Morgan fingerprint density at radius 2 is 1.84 bits per heavy atom. The predicted molar refractivity (Wildman–Crippen MR) is 122 cm³/mol. The Morgan fingerprint density at radius 3 is 2.44 bits per heavy atom. The molecule has 32 heavy (non-hydrogen) atoms. The number of aliphatic hydroxyl groups is 1. The molecular formula is C25H35N3O4. The minimum atomic E-state index is -0.792. The maximum Gasteiger partial charge on any atom is 0.243 e. The van der Waals surface area contributed by atoms with Gasteiger partial charge in [-0.25, -0.2) is 0 Å². The number of nitrogens with one attached hydrogen (secondary N) is 2. The maximum atomic E-state index is 13.8. The average Bonchev–Trinajstić information content (AvgIpc) is 3.07. The zero-order valence-corrected chi connectivity index (χ0v) is 19.3. The minimum absolute atomic E-state index is 0.0333. The lowest BCUT2D eigenvalue weighted by atomic mass is 9.70. The summed E-state index contributed by atoms with van der Waals surface area (Å²) in [5, 5.41) is 16.1. The highest BCUT2D eigenvalue weighted by Gasteiger charge is 2.58. The van der Waals surface area contributed by atoms with Crippen molar-refractivity contribution in [3.8, 4) is 0 Å². The van der Waals surface area contributed by atoms with E-state index in [9.17, 15) is 19.5 Å². The quantitative estimate of drug-likeness (QED) is 0.538. The highest BCUT2D eigenvalue weighted by Crippen LogP contribution is 2.46. The van der Waals surface area contributed by atoms with Gasteiger partial charge >= 0.3 is 0 Å². The van der Waals surface area contributed by atoms with Gasteiger partial charge in [-0.05, 0) is 24.8 Å². The molecule has 0 radical (unpaired) electrons. The summed E-state index contributed by atoms with van der Waals surface area (Å²) >= 11 is 0. The molecule has 1 aromatic rings. The molecule has 1 aliphatic heterocycles. The number of aliphatic hydroxyl groups excluding tert-OH is 1. The van der Waals surface area contributed by atoms with Crippen LogP contribution in [0.1, 0.15) is 45.2 Å². The Labute approximate surface area is 190 Å². The van der Waals surface area contributed by atoms with E-state index in [2.05, 4.69) is 17.6 Å². The van der Waals surface area contributed by atoms with Crippen LogP contribution in [0.25, 0.3) is 0 Å². The summed E-state index contributed by atoms with van der Waals surface area (Å²) in [6.45, 7) is 5.61. The van der Waals surface area contributed by atoms with Crippen molar-refractivity contribution < 1.29 is 19.5 Å². The van der Waals surface area contributed by atoms with E-state index in [1.807, 2.05) is 56.3 Å². The van der Waals surface area contributed by atoms with Gasteiger partial charge < -0.3 is 20.6 Å². The van der Waals surface area contributed by atoms with Crippen molar-refractivity contribution in [2.75, 3.05) is 13.7 Å². The third-order valence-corrected chi connectivity index (χ3v) is 6.83. The highest BCUT2D eigenvalue weighted by molar-refractivity contribution is 5.97. The second-order valence-electron chi connectivity index (χ2n) is 8.98. The van der Waals surface area contributed by atoms with Crippen LogP contribution in [0.3, 0.4) is 0 Å². The summed E-state index contributed by atoms with van der Waals surface area (Å²) in [7, 11) is 1.57. The average molecular weight is 442 g/mol. The predicted octanol–water partition coefficient (Wildman–Crippen LogP) is 2.04. The van der Waals surface area contributed by atoms with Gasteiger partial charge in [0.1, 0.15) is 6.04 Å². The van der Waals surface area contributed by atoms with Crippen molar-refractivity contribution in [2.45, 2.75) is 51.7 Å². The summed E-state index contributed by atoms with van der Waals surface area (Å²) in [5.74, 6) is -2.48. The largest absolute Gasteiger partial charge is 0.394 e. The van der Waals surface area contributed by atoms with Gasteiger partial charge in [0.05, 0.1) is 24.5 Å². The normalized spacial score (nSPS) is 28.7. The van der Waals surface area contributed by atoms with Crippen molar-refractivity contribution in [3.63, 3.8) is 0 Å². The van der Waals surface area contributed by atoms with Crippen LogP contribution < -0.4 is 10.6 Å². The lowest BCUT2D eigenvalue weighted by Crippen LogP contribution is -2.51. The molecule has 0 aromatic heterocycles. The number of amides is 3. The lowest BCUT2D eigenvalue weighted by molar-refractivity contribution is -0.143. The van der Waals surface area contributed by atoms with Gasteiger partial charge in [0.25, 0.3) is 0 Å². The van der Waals surface area contributed by atoms with Crippen molar-refractivity contribution in [2.24, 2.45) is 23.7 Å². The SMILES string of the molecule is CCCC(C)NC(=O)[C@@H]1[C@H]2C=C[C@@H](C)[C@@H](C(=O)NC)[C@@H]2C(=O)N1[C@H](CO)c1ccccc1. The molecule has 1 aromatic carbocycles. The van der Waals surface area contributed by atoms with Crippen LogP contribution in [0.4, 0.5) is 0 Å². The maximum absolute atomic E-state index is 13.8. The van der Waals surface area contributed by atoms with Gasteiger partial charge in [0.2, 0.25) is 17.7 Å². The summed E-state index contributed by atoms with van der Waals surface area (Å²) in [4.78, 5) is 41.6. The molecule has 7 nitrogen and oxygen atoms in total. The molecule has 3 rings (SSSR count). The Balaban J connectivity index is 2.06. The third-order valence-electron chi connectivity index (χ3n) is 6.83. The molecule has 1 fully saturated rings. The van der Waals surface area contributed by atoms with E-state index in [4.69, 9.17) is 0 Å². The smallest absolute Gasteiger partial charge is 0.243 e. The molecule has 1 heterocycles. The number of carbonyl (C=O) groups is 3. The van der Waals surface area contributed by atoms with E-state index in [-0.39, 0.29) is 36.3 Å². The van der Waals surface area contributed by atoms with Crippen molar-refractivity contribution in [3.05, 3.63) is 48.0 Å². The molecule has 3 amide bonds. The summed E-state index contributed by atoms with van der Waals surface area (Å²) in [6.07, 6.45) is 5.61. The molecule has 7 heteroatoms. The van der Waals surface area contributed by atoms with E-state index < -0.39 is 29.8 Å². The Morgan fingerprint density at radius 1 is 1.16 bits per heavy atom. The fourth-order valence-corrected chi connectivity index (χ4v) is 5.30. The zero-order chi connectivity index (χ0) is 23.4. The number of nitrogens with zero attached hydrogens (tertiary/aromatic N) is 1. The molecule has 1 saturated heterocycles. The third kappa shape index (κ3) is 4.44. The first-order valence-corrected chi connectivity index (χ1v) is 11.5. The van der Waals surface area contributed by atoms with E-state index in [1.54, 1.807) is 7.05 Å². The first-order chi connectivity index (χ1) is 15.3. The Hall–Kier alpha value is -2.67. The monoisotopic (exact) mass is 441 g/mol. The van der Waals surface area contributed by atoms with Gasteiger partial charge in [-0.2, -0.15) is 0 Å². The number of rotatable bonds is 8. The number of fused-ring (bicyclic) bond motifs is 1. The summed E-state index contributed by atoms with van der Waals surface area (Å²) in [6, 6.07) is 7.76.